The minimum atomic E-state index is -2.03. The van der Waals surface area contributed by atoms with Gasteiger partial charge >= 0.3 is 18.0 Å². The molecule has 3 aromatic heterocycles. The molecule has 104 heavy (non-hydrogen) atoms. The summed E-state index contributed by atoms with van der Waals surface area (Å²) >= 11 is 1.39. The molecule has 3 aromatic carbocycles. The maximum absolute atomic E-state index is 14.5. The Bertz CT molecular complexity index is 4250. The smallest absolute Gasteiger partial charge is 0.410 e. The quantitative estimate of drug-likeness (QED) is 0.0224. The number of hydrogen-bond donors (Lipinski definition) is 11. The van der Waals surface area contributed by atoms with Crippen LogP contribution in [0.1, 0.15) is 120 Å². The van der Waals surface area contributed by atoms with E-state index in [9.17, 15) is 79.2 Å². The lowest BCUT2D eigenvalue weighted by atomic mass is 9.39. The fourth-order valence-electron chi connectivity index (χ4n) is 16.9. The van der Waals surface area contributed by atoms with Crippen molar-refractivity contribution in [1.82, 2.24) is 40.2 Å². The molecule has 13 rings (SSSR count). The third-order valence-electron chi connectivity index (χ3n) is 20.9. The van der Waals surface area contributed by atoms with Gasteiger partial charge in [-0.15, -0.1) is 0 Å². The SMILES string of the molecule is Cc1c(-c2ccc(N3CCc4cccc(C(=O)Nc5nc6ccccc6s5)c4C3)nc2C(=O)O)cnn1CC12CC3(C)CC(C)(C1)CC(OCCN(CCC(=O)NC(CO)(CO)CO)C(=O)OCc1ccc(CCCCNC(=O)CN4C(=O)C=CC4=O)cc1O[C@@H]1O[C@H](C(=O)O)[C@@H](O)[C@H](O)[C@H]1O)(C3)C2. The minimum absolute atomic E-state index is 0.0258. The van der Waals surface area contributed by atoms with Crippen molar-refractivity contribution in [2.45, 2.75) is 153 Å². The average Bonchev–Trinajstić information content (AvgIpc) is 0.718. The second-order valence-corrected chi connectivity index (χ2v) is 30.3. The molecule has 0 spiro atoms. The Morgan fingerprint density at radius 1 is 0.808 bits per heavy atom. The summed E-state index contributed by atoms with van der Waals surface area (Å²) in [6.07, 6.45) is -0.799. The molecule has 2 unspecified atom stereocenters. The molecule has 11 N–H and O–H groups in total. The number of imide groups is 1. The number of nitrogens with zero attached hydrogens (tertiary/aromatic N) is 7. The van der Waals surface area contributed by atoms with Crippen molar-refractivity contribution < 1.29 is 98.2 Å². The largest absolute Gasteiger partial charge is 0.479 e. The van der Waals surface area contributed by atoms with E-state index in [2.05, 4.69) is 34.8 Å². The first-order valence-electron chi connectivity index (χ1n) is 34.6. The summed E-state index contributed by atoms with van der Waals surface area (Å²) in [5.41, 5.74) is 2.35. The van der Waals surface area contributed by atoms with Gasteiger partial charge in [0.1, 0.15) is 48.6 Å². The highest BCUT2D eigenvalue weighted by molar-refractivity contribution is 7.22. The summed E-state index contributed by atoms with van der Waals surface area (Å²) in [6.45, 7) is 4.21. The van der Waals surface area contributed by atoms with Gasteiger partial charge in [0.25, 0.3) is 17.7 Å². The number of pyridine rings is 1. The number of nitrogens with one attached hydrogen (secondary N) is 3. The van der Waals surface area contributed by atoms with Crippen LogP contribution < -0.4 is 25.6 Å². The molecule has 0 radical (unpaired) electrons. The van der Waals surface area contributed by atoms with Gasteiger partial charge in [0.2, 0.25) is 18.1 Å². The zero-order chi connectivity index (χ0) is 74.0. The van der Waals surface area contributed by atoms with Crippen LogP contribution in [0.25, 0.3) is 21.3 Å². The highest BCUT2D eigenvalue weighted by Crippen LogP contribution is 2.72. The number of carbonyl (C=O) groups is 8. The molecule has 7 atom stereocenters. The number of hydrogen-bond acceptors (Lipinski definition) is 23. The van der Waals surface area contributed by atoms with E-state index in [1.54, 1.807) is 36.5 Å². The van der Waals surface area contributed by atoms with Gasteiger partial charge in [-0.3, -0.25) is 38.9 Å². The molecule has 6 amide bonds. The number of aryl methyl sites for hydroxylation is 1. The number of carboxylic acids is 2. The molecule has 4 bridgehead atoms. The molecule has 5 fully saturated rings. The molecule has 4 saturated carbocycles. The van der Waals surface area contributed by atoms with E-state index in [-0.39, 0.29) is 71.8 Å². The first-order valence-corrected chi connectivity index (χ1v) is 35.5. The summed E-state index contributed by atoms with van der Waals surface area (Å²) in [6, 6.07) is 21.6. The van der Waals surface area contributed by atoms with Crippen LogP contribution in [0.4, 0.5) is 15.7 Å². The molecule has 1 saturated heterocycles. The number of unbranched alkanes of at least 4 members (excludes halogenated alkanes) is 1. The van der Waals surface area contributed by atoms with Gasteiger partial charge in [-0.25, -0.2) is 24.4 Å². The van der Waals surface area contributed by atoms with Crippen LogP contribution in [0.2, 0.25) is 0 Å². The summed E-state index contributed by atoms with van der Waals surface area (Å²) in [7, 11) is 0. The zero-order valence-corrected chi connectivity index (χ0v) is 58.6. The number of aliphatic hydroxyl groups is 6. The standard InChI is InChI=1S/C73H86N10O20S/c1-42-48(46-16-17-53(77-58(46)64(95)96)81-23-20-44-10-8-11-47(49(44)29-81)63(94)78-67-76-50-12-4-5-13-52(50)104-67)28-75-83(42)38-71-33-69(2)32-70(3,34-71)36-73(35-69,37-71)101-26-25-80(24-21-54(87)79-72(39-84,40-85)41-86)68(99)100-31-45-15-14-43(9-6-7-22-74-55(88)30-82-56(89)18-19-57(82)90)27-51(45)102-66-61(93)59(91)60(92)62(103-66)65(97)98/h4-5,8,10-19,27-28,59-62,66,84-86,91-93H,6-7,9,20-26,29-41H2,1-3H3,(H,74,88)(H,79,87)(H,95,96)(H,97,98)(H,76,78,94)/t59-,60-,61+,62-,66+,69?,70?,71?,73?/m0/s1. The minimum Gasteiger partial charge on any atom is -0.479 e. The molecule has 6 heterocycles. The summed E-state index contributed by atoms with van der Waals surface area (Å²) in [5.74, 6) is -5.25. The fraction of sp³-hybridized carbons (Fsp3) is 0.493. The number of ether oxygens (including phenoxy) is 4. The van der Waals surface area contributed by atoms with Crippen LogP contribution in [0, 0.1) is 23.2 Å². The Hall–Kier alpha value is -9.31. The lowest BCUT2D eigenvalue weighted by Crippen LogP contribution is -2.64. The van der Waals surface area contributed by atoms with E-state index in [1.807, 2.05) is 52.9 Å². The molecule has 3 aliphatic heterocycles. The van der Waals surface area contributed by atoms with Crippen molar-refractivity contribution in [3.8, 4) is 16.9 Å². The van der Waals surface area contributed by atoms with Crippen LogP contribution in [-0.4, -0.2) is 219 Å². The third kappa shape index (κ3) is 16.0. The van der Waals surface area contributed by atoms with Crippen LogP contribution in [0.5, 0.6) is 5.75 Å². The number of anilines is 2. The number of benzene rings is 3. The first-order chi connectivity index (χ1) is 49.6. The number of carboxylic acid groups (broad SMARTS) is 2. The predicted molar refractivity (Wildman–Crippen MR) is 373 cm³/mol. The van der Waals surface area contributed by atoms with E-state index < -0.39 is 116 Å². The first kappa shape index (κ1) is 74.4. The maximum Gasteiger partial charge on any atom is 0.410 e. The lowest BCUT2D eigenvalue weighted by molar-refractivity contribution is -0.271. The molecule has 554 valence electrons. The number of fused-ring (bicyclic) bond motifs is 2. The van der Waals surface area contributed by atoms with Crippen LogP contribution >= 0.6 is 11.3 Å². The molecular formula is C73H86N10O20S. The molecule has 30 nitrogen and oxygen atoms in total. The zero-order valence-electron chi connectivity index (χ0n) is 57.8. The Morgan fingerprint density at radius 3 is 2.26 bits per heavy atom. The summed E-state index contributed by atoms with van der Waals surface area (Å²) in [4.78, 5) is 117. The van der Waals surface area contributed by atoms with Crippen molar-refractivity contribution >= 4 is 80.1 Å². The third-order valence-corrected chi connectivity index (χ3v) is 21.8. The summed E-state index contributed by atoms with van der Waals surface area (Å²) < 4.78 is 27.4. The Morgan fingerprint density at radius 2 is 1.55 bits per heavy atom. The highest BCUT2D eigenvalue weighted by Gasteiger charge is 2.66. The Kier molecular flexibility index (Phi) is 21.8. The summed E-state index contributed by atoms with van der Waals surface area (Å²) in [5, 5.41) is 96.4. The van der Waals surface area contributed by atoms with E-state index in [4.69, 9.17) is 29.0 Å². The Labute approximate surface area is 601 Å². The van der Waals surface area contributed by atoms with Crippen LogP contribution in [-0.2, 0) is 70.7 Å². The van der Waals surface area contributed by atoms with Gasteiger partial charge in [-0.1, -0.05) is 61.6 Å². The number of carbonyl (C=O) groups excluding carboxylic acids is 6. The van der Waals surface area contributed by atoms with Crippen LogP contribution in [0.15, 0.2) is 91.1 Å². The number of para-hydroxylation sites is 1. The Balaban J connectivity index is 0.733. The predicted octanol–water partition coefficient (Wildman–Crippen LogP) is 4.01. The number of aliphatic hydroxyl groups excluding tert-OH is 6. The van der Waals surface area contributed by atoms with Gasteiger partial charge in [0.15, 0.2) is 16.9 Å². The van der Waals surface area contributed by atoms with E-state index in [0.717, 1.165) is 63.4 Å². The topological polar surface area (TPSA) is 425 Å². The molecule has 31 heteroatoms. The number of aromatic carboxylic acids is 1. The fourth-order valence-corrected chi connectivity index (χ4v) is 17.8. The van der Waals surface area contributed by atoms with Gasteiger partial charge < -0.3 is 80.2 Å². The van der Waals surface area contributed by atoms with E-state index in [1.165, 1.54) is 22.3 Å². The lowest BCUT2D eigenvalue weighted by Gasteiger charge is -2.69. The normalized spacial score (nSPS) is 24.7. The van der Waals surface area contributed by atoms with Crippen molar-refractivity contribution in [3.05, 3.63) is 130 Å². The second kappa shape index (κ2) is 30.4. The van der Waals surface area contributed by atoms with Crippen LogP contribution in [0.3, 0.4) is 0 Å². The average molecular weight is 1460 g/mol. The molecule has 6 aromatic rings. The van der Waals surface area contributed by atoms with E-state index in [0.29, 0.717) is 97.8 Å². The van der Waals surface area contributed by atoms with Crippen molar-refractivity contribution in [2.75, 3.05) is 69.4 Å². The van der Waals surface area contributed by atoms with Crippen molar-refractivity contribution in [3.63, 3.8) is 0 Å². The van der Waals surface area contributed by atoms with Gasteiger partial charge in [0, 0.05) is 85.8 Å². The van der Waals surface area contributed by atoms with Gasteiger partial charge in [-0.05, 0) is 140 Å². The number of rotatable bonds is 30. The monoisotopic (exact) mass is 1450 g/mol. The number of aliphatic carboxylic acids is 1. The van der Waals surface area contributed by atoms with Crippen molar-refractivity contribution in [1.29, 1.82) is 0 Å². The molecular weight excluding hydrogens is 1370 g/mol. The number of aromatic nitrogens is 4. The van der Waals surface area contributed by atoms with Gasteiger partial charge in [0.05, 0.1) is 48.4 Å². The molecule has 7 aliphatic rings. The van der Waals surface area contributed by atoms with Gasteiger partial charge in [-0.2, -0.15) is 5.10 Å². The number of amides is 6. The maximum atomic E-state index is 14.5. The second-order valence-electron chi connectivity index (χ2n) is 29.2. The highest BCUT2D eigenvalue weighted by atomic mass is 32.1. The molecule has 4 aliphatic carbocycles. The van der Waals surface area contributed by atoms with Crippen molar-refractivity contribution in [2.24, 2.45) is 16.2 Å². The van der Waals surface area contributed by atoms with E-state index >= 15 is 0 Å². The number of thiazole rings is 1.